The number of halogens is 4. The van der Waals surface area contributed by atoms with Gasteiger partial charge in [0.25, 0.3) is 0 Å². The highest BCUT2D eigenvalue weighted by atomic mass is 35.5. The molecule has 0 aromatic heterocycles. The lowest BCUT2D eigenvalue weighted by atomic mass is 10.0. The number of hydrogen-bond donors (Lipinski definition) is 2. The third-order valence-corrected chi connectivity index (χ3v) is 6.31. The zero-order chi connectivity index (χ0) is 27.8. The summed E-state index contributed by atoms with van der Waals surface area (Å²) in [4.78, 5) is 24.4. The minimum absolute atomic E-state index is 0.152. The van der Waals surface area contributed by atoms with E-state index in [2.05, 4.69) is 10.6 Å². The standard InChI is InChI=1S/C31H22Cl2F2N2O2/c32-26-3-1-5-28(34)24(26)15-17-30(38)36-22-11-7-20(8-12-22)19-21-9-13-23(14-10-21)37-31(39)18-16-25-27(33)4-2-6-29(25)35/h1-18H,19H2,(H,36,38)(H,37,39)/b17-15+,18-16+. The summed E-state index contributed by atoms with van der Waals surface area (Å²) in [6, 6.07) is 23.3. The van der Waals surface area contributed by atoms with Gasteiger partial charge in [-0.15, -0.1) is 0 Å². The van der Waals surface area contributed by atoms with Gasteiger partial charge >= 0.3 is 0 Å². The van der Waals surface area contributed by atoms with Crippen LogP contribution in [0.5, 0.6) is 0 Å². The maximum atomic E-state index is 13.8. The summed E-state index contributed by atoms with van der Waals surface area (Å²) < 4.78 is 27.7. The van der Waals surface area contributed by atoms with Crippen molar-refractivity contribution < 1.29 is 18.4 Å². The van der Waals surface area contributed by atoms with Gasteiger partial charge in [-0.2, -0.15) is 0 Å². The Morgan fingerprint density at radius 3 is 1.36 bits per heavy atom. The predicted octanol–water partition coefficient (Wildman–Crippen LogP) is 8.17. The number of rotatable bonds is 8. The summed E-state index contributed by atoms with van der Waals surface area (Å²) in [7, 11) is 0. The van der Waals surface area contributed by atoms with Crippen molar-refractivity contribution in [3.63, 3.8) is 0 Å². The summed E-state index contributed by atoms with van der Waals surface area (Å²) >= 11 is 11.9. The Hall–Kier alpha value is -4.26. The first kappa shape index (κ1) is 27.8. The molecule has 0 saturated heterocycles. The van der Waals surface area contributed by atoms with Crippen LogP contribution in [0.25, 0.3) is 12.2 Å². The molecule has 196 valence electrons. The molecule has 0 spiro atoms. The molecule has 0 aliphatic carbocycles. The number of benzene rings is 4. The second kappa shape index (κ2) is 13.0. The molecule has 0 fully saturated rings. The van der Waals surface area contributed by atoms with Gasteiger partial charge in [0.1, 0.15) is 11.6 Å². The lowest BCUT2D eigenvalue weighted by Gasteiger charge is -2.07. The minimum atomic E-state index is -0.506. The zero-order valence-corrected chi connectivity index (χ0v) is 21.9. The molecule has 4 aromatic carbocycles. The lowest BCUT2D eigenvalue weighted by molar-refractivity contribution is -0.112. The maximum absolute atomic E-state index is 13.8. The fourth-order valence-corrected chi connectivity index (χ4v) is 4.13. The van der Waals surface area contributed by atoms with E-state index in [1.807, 2.05) is 24.3 Å². The molecule has 0 radical (unpaired) electrons. The first-order valence-electron chi connectivity index (χ1n) is 11.8. The van der Waals surface area contributed by atoms with Gasteiger partial charge in [0.05, 0.1) is 10.0 Å². The van der Waals surface area contributed by atoms with Crippen molar-refractivity contribution in [3.05, 3.63) is 141 Å². The minimum Gasteiger partial charge on any atom is -0.323 e. The van der Waals surface area contributed by atoms with Gasteiger partial charge in [-0.05, 0) is 78.2 Å². The molecular formula is C31H22Cl2F2N2O2. The van der Waals surface area contributed by atoms with Crippen molar-refractivity contribution in [3.8, 4) is 0 Å². The summed E-state index contributed by atoms with van der Waals surface area (Å²) in [6.07, 6.45) is 5.76. The van der Waals surface area contributed by atoms with Crippen LogP contribution in [0.4, 0.5) is 20.2 Å². The molecule has 0 bridgehead atoms. The van der Waals surface area contributed by atoms with Gasteiger partial charge in [0, 0.05) is 34.7 Å². The van der Waals surface area contributed by atoms with E-state index in [4.69, 9.17) is 23.2 Å². The number of nitrogens with one attached hydrogen (secondary N) is 2. The quantitative estimate of drug-likeness (QED) is 0.213. The maximum Gasteiger partial charge on any atom is 0.248 e. The van der Waals surface area contributed by atoms with Crippen LogP contribution in [-0.2, 0) is 16.0 Å². The molecule has 0 aliphatic rings. The number of amides is 2. The summed E-state index contributed by atoms with van der Waals surface area (Å²) in [5.74, 6) is -1.83. The van der Waals surface area contributed by atoms with E-state index < -0.39 is 23.4 Å². The average molecular weight is 563 g/mol. The number of carbonyl (C=O) groups is 2. The second-order valence-electron chi connectivity index (χ2n) is 8.49. The Balaban J connectivity index is 1.29. The van der Waals surface area contributed by atoms with E-state index in [0.29, 0.717) is 17.8 Å². The van der Waals surface area contributed by atoms with Crippen LogP contribution in [0.2, 0.25) is 10.0 Å². The smallest absolute Gasteiger partial charge is 0.248 e. The molecule has 4 nitrogen and oxygen atoms in total. The van der Waals surface area contributed by atoms with E-state index in [9.17, 15) is 18.4 Å². The van der Waals surface area contributed by atoms with Gasteiger partial charge in [-0.25, -0.2) is 8.78 Å². The SMILES string of the molecule is O=C(/C=C/c1c(F)cccc1Cl)Nc1ccc(Cc2ccc(NC(=O)/C=C/c3c(F)cccc3Cl)cc2)cc1. The van der Waals surface area contributed by atoms with Crippen molar-refractivity contribution in [2.45, 2.75) is 6.42 Å². The highest BCUT2D eigenvalue weighted by Gasteiger charge is 2.06. The monoisotopic (exact) mass is 562 g/mol. The molecule has 0 heterocycles. The van der Waals surface area contributed by atoms with E-state index in [-0.39, 0.29) is 21.2 Å². The van der Waals surface area contributed by atoms with Crippen LogP contribution in [0.15, 0.2) is 97.1 Å². The van der Waals surface area contributed by atoms with Crippen LogP contribution in [-0.4, -0.2) is 11.8 Å². The third kappa shape index (κ3) is 7.87. The van der Waals surface area contributed by atoms with E-state index in [0.717, 1.165) is 11.1 Å². The number of hydrogen-bond acceptors (Lipinski definition) is 2. The first-order valence-corrected chi connectivity index (χ1v) is 12.6. The summed E-state index contributed by atoms with van der Waals surface area (Å²) in [6.45, 7) is 0. The second-order valence-corrected chi connectivity index (χ2v) is 9.30. The van der Waals surface area contributed by atoms with Crippen LogP contribution < -0.4 is 10.6 Å². The van der Waals surface area contributed by atoms with Crippen molar-refractivity contribution in [1.82, 2.24) is 0 Å². The van der Waals surface area contributed by atoms with Gasteiger partial charge in [0.15, 0.2) is 0 Å². The fourth-order valence-electron chi connectivity index (χ4n) is 3.67. The summed E-state index contributed by atoms with van der Waals surface area (Å²) in [5, 5.41) is 5.90. The predicted molar refractivity (Wildman–Crippen MR) is 154 cm³/mol. The highest BCUT2D eigenvalue weighted by Crippen LogP contribution is 2.22. The summed E-state index contributed by atoms with van der Waals surface area (Å²) in [5.41, 5.74) is 3.52. The molecule has 0 aliphatic heterocycles. The van der Waals surface area contributed by atoms with Crippen molar-refractivity contribution in [1.29, 1.82) is 0 Å². The molecular weight excluding hydrogens is 541 g/mol. The Kier molecular flexibility index (Phi) is 9.26. The molecule has 8 heteroatoms. The molecule has 4 rings (SSSR count). The molecule has 0 saturated carbocycles. The topological polar surface area (TPSA) is 58.2 Å². The normalized spacial score (nSPS) is 11.2. The van der Waals surface area contributed by atoms with Gasteiger partial charge in [-0.3, -0.25) is 9.59 Å². The fraction of sp³-hybridized carbons (Fsp3) is 0.0323. The highest BCUT2D eigenvalue weighted by molar-refractivity contribution is 6.32. The zero-order valence-electron chi connectivity index (χ0n) is 20.4. The van der Waals surface area contributed by atoms with Crippen LogP contribution in [0, 0.1) is 11.6 Å². The Bertz CT molecular complexity index is 1390. The van der Waals surface area contributed by atoms with E-state index in [1.165, 1.54) is 48.6 Å². The van der Waals surface area contributed by atoms with Crippen molar-refractivity contribution >= 4 is 58.5 Å². The molecule has 2 amide bonds. The van der Waals surface area contributed by atoms with Gasteiger partial charge < -0.3 is 10.6 Å². The number of anilines is 2. The largest absolute Gasteiger partial charge is 0.323 e. The molecule has 0 atom stereocenters. The van der Waals surface area contributed by atoms with Crippen LogP contribution in [0.3, 0.4) is 0 Å². The number of carbonyl (C=O) groups excluding carboxylic acids is 2. The van der Waals surface area contributed by atoms with E-state index in [1.54, 1.807) is 36.4 Å². The lowest BCUT2D eigenvalue weighted by Crippen LogP contribution is -2.08. The van der Waals surface area contributed by atoms with Gasteiger partial charge in [0.2, 0.25) is 11.8 Å². The van der Waals surface area contributed by atoms with E-state index >= 15 is 0 Å². The molecule has 39 heavy (non-hydrogen) atoms. The Labute approximate surface area is 234 Å². The Morgan fingerprint density at radius 2 is 1.00 bits per heavy atom. The molecule has 0 unspecified atom stereocenters. The van der Waals surface area contributed by atoms with Crippen molar-refractivity contribution in [2.24, 2.45) is 0 Å². The van der Waals surface area contributed by atoms with Crippen LogP contribution in [0.1, 0.15) is 22.3 Å². The van der Waals surface area contributed by atoms with Crippen molar-refractivity contribution in [2.75, 3.05) is 10.6 Å². The molecule has 2 N–H and O–H groups in total. The third-order valence-electron chi connectivity index (χ3n) is 5.65. The van der Waals surface area contributed by atoms with Gasteiger partial charge in [-0.1, -0.05) is 59.6 Å². The average Bonchev–Trinajstić information content (AvgIpc) is 2.90. The van der Waals surface area contributed by atoms with Crippen LogP contribution >= 0.6 is 23.2 Å². The first-order chi connectivity index (χ1) is 18.8. The Morgan fingerprint density at radius 1 is 0.615 bits per heavy atom. The molecule has 4 aromatic rings.